The molecular weight excluding hydrogens is 316 g/mol. The summed E-state index contributed by atoms with van der Waals surface area (Å²) >= 11 is 3.47. The molecule has 0 fully saturated rings. The fourth-order valence-electron chi connectivity index (χ4n) is 2.06. The Morgan fingerprint density at radius 1 is 1.25 bits per heavy atom. The van der Waals surface area contributed by atoms with Gasteiger partial charge in [-0.3, -0.25) is 0 Å². The Hall–Kier alpha value is -1.35. The molecule has 2 rings (SSSR count). The summed E-state index contributed by atoms with van der Waals surface area (Å²) in [5.74, 6) is -0.0321. The van der Waals surface area contributed by atoms with Crippen molar-refractivity contribution in [2.75, 3.05) is 6.61 Å². The molecule has 1 aromatic carbocycles. The molecule has 1 aliphatic rings. The van der Waals surface area contributed by atoms with E-state index in [4.69, 9.17) is 4.74 Å². The Labute approximate surface area is 128 Å². The van der Waals surface area contributed by atoms with E-state index < -0.39 is 4.32 Å². The molecule has 0 unspecified atom stereocenters. The van der Waals surface area contributed by atoms with Gasteiger partial charge in [0.25, 0.3) is 0 Å². The van der Waals surface area contributed by atoms with Crippen LogP contribution < -0.4 is 0 Å². The number of hydrogen-bond donors (Lipinski definition) is 0. The van der Waals surface area contributed by atoms with Crippen molar-refractivity contribution in [2.45, 2.75) is 30.0 Å². The SMILES string of the molecule is CCCCOC(=O)C1(Br)C=CC(c2ccccc2)C=C1. The molecule has 3 heteroatoms. The number of esters is 1. The first-order chi connectivity index (χ1) is 9.65. The number of carbonyl (C=O) groups is 1. The number of hydrogen-bond acceptors (Lipinski definition) is 2. The molecule has 106 valence electrons. The van der Waals surface area contributed by atoms with Gasteiger partial charge in [-0.05, 0) is 12.0 Å². The highest BCUT2D eigenvalue weighted by atomic mass is 79.9. The lowest BCUT2D eigenvalue weighted by molar-refractivity contribution is -0.143. The lowest BCUT2D eigenvalue weighted by Crippen LogP contribution is -2.31. The molecule has 0 N–H and O–H groups in total. The zero-order valence-electron chi connectivity index (χ0n) is 11.6. The third kappa shape index (κ3) is 3.60. The average molecular weight is 335 g/mol. The molecule has 0 spiro atoms. The van der Waals surface area contributed by atoms with E-state index in [-0.39, 0.29) is 11.9 Å². The highest BCUT2D eigenvalue weighted by Gasteiger charge is 2.34. The van der Waals surface area contributed by atoms with Crippen LogP contribution in [0, 0.1) is 0 Å². The van der Waals surface area contributed by atoms with Crippen molar-refractivity contribution in [1.29, 1.82) is 0 Å². The zero-order valence-corrected chi connectivity index (χ0v) is 13.2. The molecule has 0 aliphatic heterocycles. The van der Waals surface area contributed by atoms with Gasteiger partial charge in [-0.25, -0.2) is 4.79 Å². The van der Waals surface area contributed by atoms with E-state index in [2.05, 4.69) is 35.0 Å². The van der Waals surface area contributed by atoms with Gasteiger partial charge in [0.05, 0.1) is 6.61 Å². The lowest BCUT2D eigenvalue weighted by atomic mass is 9.91. The number of alkyl halides is 1. The summed E-state index contributed by atoms with van der Waals surface area (Å²) in [6.45, 7) is 2.55. The fraction of sp³-hybridized carbons (Fsp3) is 0.353. The fourth-order valence-corrected chi connectivity index (χ4v) is 2.48. The van der Waals surface area contributed by atoms with Gasteiger partial charge in [-0.2, -0.15) is 0 Å². The summed E-state index contributed by atoms with van der Waals surface area (Å²) in [5.41, 5.74) is 1.22. The molecule has 0 heterocycles. The van der Waals surface area contributed by atoms with E-state index in [1.165, 1.54) is 5.56 Å². The normalized spacial score (nSPS) is 24.6. The Morgan fingerprint density at radius 2 is 1.90 bits per heavy atom. The van der Waals surface area contributed by atoms with Crippen LogP contribution in [0.25, 0.3) is 0 Å². The van der Waals surface area contributed by atoms with Crippen molar-refractivity contribution < 1.29 is 9.53 Å². The van der Waals surface area contributed by atoms with Crippen LogP contribution in [0.3, 0.4) is 0 Å². The Balaban J connectivity index is 2.01. The number of benzene rings is 1. The third-order valence-electron chi connectivity index (χ3n) is 3.32. The maximum atomic E-state index is 12.1. The van der Waals surface area contributed by atoms with Gasteiger partial charge in [0.2, 0.25) is 0 Å². The molecule has 2 nitrogen and oxygen atoms in total. The summed E-state index contributed by atoms with van der Waals surface area (Å²) in [6, 6.07) is 10.2. The molecule has 0 saturated carbocycles. The van der Waals surface area contributed by atoms with Crippen molar-refractivity contribution in [1.82, 2.24) is 0 Å². The predicted octanol–water partition coefficient (Wildman–Crippen LogP) is 4.37. The van der Waals surface area contributed by atoms with Crippen molar-refractivity contribution in [3.63, 3.8) is 0 Å². The molecule has 0 amide bonds. The standard InChI is InChI=1S/C17H19BrO2/c1-2-3-13-20-16(19)17(18)11-9-15(10-12-17)14-7-5-4-6-8-14/h4-12,15H,2-3,13H2,1H3. The molecule has 0 saturated heterocycles. The van der Waals surface area contributed by atoms with E-state index in [1.807, 2.05) is 42.5 Å². The highest BCUT2D eigenvalue weighted by Crippen LogP contribution is 2.32. The van der Waals surface area contributed by atoms with E-state index in [0.29, 0.717) is 6.61 Å². The quantitative estimate of drug-likeness (QED) is 0.346. The second kappa shape index (κ2) is 6.89. The van der Waals surface area contributed by atoms with Gasteiger partial charge in [-0.1, -0.05) is 83.9 Å². The summed E-state index contributed by atoms with van der Waals surface area (Å²) in [4.78, 5) is 12.1. The van der Waals surface area contributed by atoms with Crippen molar-refractivity contribution >= 4 is 21.9 Å². The Morgan fingerprint density at radius 3 is 2.50 bits per heavy atom. The molecule has 0 bridgehead atoms. The first kappa shape index (κ1) is 15.0. The van der Waals surface area contributed by atoms with Crippen LogP contribution in [0.5, 0.6) is 0 Å². The minimum absolute atomic E-state index is 0.213. The largest absolute Gasteiger partial charge is 0.464 e. The van der Waals surface area contributed by atoms with Gasteiger partial charge in [0.1, 0.15) is 0 Å². The Bertz CT molecular complexity index is 491. The van der Waals surface area contributed by atoms with Crippen LogP contribution in [0.15, 0.2) is 54.6 Å². The van der Waals surface area contributed by atoms with Crippen LogP contribution in [0.1, 0.15) is 31.2 Å². The van der Waals surface area contributed by atoms with Gasteiger partial charge in [0.15, 0.2) is 4.32 Å². The van der Waals surface area contributed by atoms with Crippen LogP contribution >= 0.6 is 15.9 Å². The number of halogens is 1. The Kier molecular flexibility index (Phi) is 5.18. The van der Waals surface area contributed by atoms with Crippen LogP contribution in [-0.2, 0) is 9.53 Å². The summed E-state index contributed by atoms with van der Waals surface area (Å²) in [5, 5.41) is 0. The number of unbranched alkanes of at least 4 members (excludes halogenated alkanes) is 1. The number of carbonyl (C=O) groups excluding carboxylic acids is 1. The van der Waals surface area contributed by atoms with Crippen molar-refractivity contribution in [2.24, 2.45) is 0 Å². The maximum Gasteiger partial charge on any atom is 0.330 e. The third-order valence-corrected chi connectivity index (χ3v) is 4.17. The van der Waals surface area contributed by atoms with Crippen LogP contribution in [0.2, 0.25) is 0 Å². The van der Waals surface area contributed by atoms with E-state index >= 15 is 0 Å². The maximum absolute atomic E-state index is 12.1. The van der Waals surface area contributed by atoms with Gasteiger partial charge < -0.3 is 4.74 Å². The van der Waals surface area contributed by atoms with Crippen LogP contribution in [0.4, 0.5) is 0 Å². The zero-order chi connectivity index (χ0) is 14.4. The molecule has 1 aromatic rings. The number of allylic oxidation sites excluding steroid dienone is 2. The second-order valence-electron chi connectivity index (χ2n) is 4.91. The molecule has 0 atom stereocenters. The molecule has 0 aromatic heterocycles. The monoisotopic (exact) mass is 334 g/mol. The van der Waals surface area contributed by atoms with E-state index in [1.54, 1.807) is 0 Å². The lowest BCUT2D eigenvalue weighted by Gasteiger charge is -2.23. The van der Waals surface area contributed by atoms with Crippen molar-refractivity contribution in [3.05, 3.63) is 60.2 Å². The first-order valence-electron chi connectivity index (χ1n) is 6.95. The van der Waals surface area contributed by atoms with Gasteiger partial charge in [0, 0.05) is 5.92 Å². The van der Waals surface area contributed by atoms with Gasteiger partial charge in [-0.15, -0.1) is 0 Å². The van der Waals surface area contributed by atoms with Crippen molar-refractivity contribution in [3.8, 4) is 0 Å². The molecule has 1 aliphatic carbocycles. The summed E-state index contributed by atoms with van der Waals surface area (Å²) in [6.07, 6.45) is 9.73. The predicted molar refractivity (Wildman–Crippen MR) is 85.0 cm³/mol. The smallest absolute Gasteiger partial charge is 0.330 e. The minimum Gasteiger partial charge on any atom is -0.464 e. The van der Waals surface area contributed by atoms with Gasteiger partial charge >= 0.3 is 5.97 Å². The average Bonchev–Trinajstić information content (AvgIpc) is 2.49. The second-order valence-corrected chi connectivity index (χ2v) is 6.22. The summed E-state index contributed by atoms with van der Waals surface area (Å²) < 4.78 is 4.46. The summed E-state index contributed by atoms with van der Waals surface area (Å²) in [7, 11) is 0. The topological polar surface area (TPSA) is 26.3 Å². The highest BCUT2D eigenvalue weighted by molar-refractivity contribution is 9.10. The molecule has 20 heavy (non-hydrogen) atoms. The molecular formula is C17H19BrO2. The number of ether oxygens (including phenoxy) is 1. The first-order valence-corrected chi connectivity index (χ1v) is 7.75. The van der Waals surface area contributed by atoms with E-state index in [9.17, 15) is 4.79 Å². The molecule has 0 radical (unpaired) electrons. The van der Waals surface area contributed by atoms with E-state index in [0.717, 1.165) is 12.8 Å². The minimum atomic E-state index is -0.813. The van der Waals surface area contributed by atoms with Crippen LogP contribution in [-0.4, -0.2) is 16.9 Å². The number of rotatable bonds is 5.